The number of nitrogens with zero attached hydrogens (tertiary/aromatic N) is 3. The summed E-state index contributed by atoms with van der Waals surface area (Å²) >= 11 is 0. The van der Waals surface area contributed by atoms with Gasteiger partial charge in [0.2, 0.25) is 0 Å². The molecule has 1 aromatic heterocycles. The molecule has 2 heterocycles. The molecule has 0 amide bonds. The minimum absolute atomic E-state index is 0.138. The van der Waals surface area contributed by atoms with Crippen LogP contribution in [-0.2, 0) is 18.2 Å². The van der Waals surface area contributed by atoms with Crippen LogP contribution < -0.4 is 0 Å². The second-order valence-electron chi connectivity index (χ2n) is 3.94. The Balaban J connectivity index is 2.12. The number of rotatable bonds is 3. The fraction of sp³-hybridized carbons (Fsp3) is 0.778. The van der Waals surface area contributed by atoms with E-state index in [1.54, 1.807) is 4.68 Å². The van der Waals surface area contributed by atoms with Crippen LogP contribution in [0.3, 0.4) is 0 Å². The lowest BCUT2D eigenvalue weighted by Crippen LogP contribution is -2.29. The maximum atomic E-state index is 9.37. The van der Waals surface area contributed by atoms with Crippen molar-refractivity contribution in [2.75, 3.05) is 19.8 Å². The van der Waals surface area contributed by atoms with Crippen LogP contribution in [0.1, 0.15) is 12.2 Å². The van der Waals surface area contributed by atoms with Crippen LogP contribution in [0.4, 0.5) is 0 Å². The van der Waals surface area contributed by atoms with Crippen LogP contribution in [0.2, 0.25) is 0 Å². The van der Waals surface area contributed by atoms with E-state index in [1.807, 2.05) is 7.05 Å². The van der Waals surface area contributed by atoms with Gasteiger partial charge in [-0.15, -0.1) is 0 Å². The molecule has 14 heavy (non-hydrogen) atoms. The van der Waals surface area contributed by atoms with Crippen LogP contribution in [0.15, 0.2) is 6.33 Å². The van der Waals surface area contributed by atoms with E-state index in [0.29, 0.717) is 6.61 Å². The molecular weight excluding hydrogens is 182 g/mol. The summed E-state index contributed by atoms with van der Waals surface area (Å²) in [6, 6.07) is 0. The Morgan fingerprint density at radius 3 is 3.07 bits per heavy atom. The Bertz CT molecular complexity index is 305. The fourth-order valence-corrected chi connectivity index (χ4v) is 1.79. The van der Waals surface area contributed by atoms with Gasteiger partial charge in [-0.1, -0.05) is 0 Å². The summed E-state index contributed by atoms with van der Waals surface area (Å²) in [5, 5.41) is 13.4. The van der Waals surface area contributed by atoms with E-state index in [2.05, 4.69) is 10.1 Å². The van der Waals surface area contributed by atoms with E-state index in [9.17, 15) is 5.11 Å². The van der Waals surface area contributed by atoms with Gasteiger partial charge in [-0.25, -0.2) is 4.98 Å². The summed E-state index contributed by atoms with van der Waals surface area (Å²) in [6.07, 6.45) is 3.17. The predicted octanol–water partition coefficient (Wildman–Crippen LogP) is -0.243. The maximum Gasteiger partial charge on any atom is 0.138 e. The fourth-order valence-electron chi connectivity index (χ4n) is 1.79. The topological polar surface area (TPSA) is 60.2 Å². The molecule has 78 valence electrons. The third kappa shape index (κ3) is 1.65. The normalized spacial score (nSPS) is 27.0. The summed E-state index contributed by atoms with van der Waals surface area (Å²) in [4.78, 5) is 4.16. The van der Waals surface area contributed by atoms with Crippen molar-refractivity contribution >= 4 is 0 Å². The molecule has 1 aliphatic heterocycles. The molecule has 5 nitrogen and oxygen atoms in total. The molecule has 1 atom stereocenters. The molecule has 1 unspecified atom stereocenters. The highest BCUT2D eigenvalue weighted by molar-refractivity contribution is 4.95. The summed E-state index contributed by atoms with van der Waals surface area (Å²) in [5.74, 6) is 0.907. The van der Waals surface area contributed by atoms with Crippen LogP contribution in [0.5, 0.6) is 0 Å². The van der Waals surface area contributed by atoms with Crippen molar-refractivity contribution in [1.82, 2.24) is 14.8 Å². The second-order valence-corrected chi connectivity index (χ2v) is 3.94. The van der Waals surface area contributed by atoms with E-state index < -0.39 is 0 Å². The molecule has 0 bridgehead atoms. The van der Waals surface area contributed by atoms with Crippen LogP contribution in [0, 0.1) is 5.41 Å². The molecule has 1 fully saturated rings. The summed E-state index contributed by atoms with van der Waals surface area (Å²) in [7, 11) is 1.86. The third-order valence-electron chi connectivity index (χ3n) is 2.86. The first-order valence-electron chi connectivity index (χ1n) is 4.77. The molecule has 1 aromatic rings. The Morgan fingerprint density at radius 1 is 1.71 bits per heavy atom. The Hall–Kier alpha value is -0.940. The number of ether oxygens (including phenoxy) is 1. The van der Waals surface area contributed by atoms with Gasteiger partial charge in [-0.2, -0.15) is 5.10 Å². The minimum atomic E-state index is -0.138. The standard InChI is InChI=1S/C9H15N3O2/c1-12-8(10-7-11-12)4-9(5-13)2-3-14-6-9/h7,13H,2-6H2,1H3. The number of aromatic nitrogens is 3. The van der Waals surface area contributed by atoms with Crippen molar-refractivity contribution in [2.24, 2.45) is 12.5 Å². The average molecular weight is 197 g/mol. The monoisotopic (exact) mass is 197 g/mol. The first-order chi connectivity index (χ1) is 6.76. The highest BCUT2D eigenvalue weighted by Crippen LogP contribution is 2.31. The second kappa shape index (κ2) is 3.67. The molecule has 0 radical (unpaired) electrons. The Kier molecular flexibility index (Phi) is 2.52. The zero-order chi connectivity index (χ0) is 10.0. The van der Waals surface area contributed by atoms with E-state index in [0.717, 1.165) is 25.3 Å². The molecule has 1 saturated heterocycles. The Morgan fingerprint density at radius 2 is 2.57 bits per heavy atom. The van der Waals surface area contributed by atoms with E-state index in [4.69, 9.17) is 4.74 Å². The number of aliphatic hydroxyl groups is 1. The van der Waals surface area contributed by atoms with Gasteiger partial charge in [0, 0.05) is 25.5 Å². The van der Waals surface area contributed by atoms with Gasteiger partial charge in [0.05, 0.1) is 13.2 Å². The van der Waals surface area contributed by atoms with E-state index in [1.165, 1.54) is 6.33 Å². The van der Waals surface area contributed by atoms with E-state index in [-0.39, 0.29) is 12.0 Å². The lowest BCUT2D eigenvalue weighted by Gasteiger charge is -2.23. The van der Waals surface area contributed by atoms with Crippen molar-refractivity contribution in [3.63, 3.8) is 0 Å². The molecule has 1 N–H and O–H groups in total. The van der Waals surface area contributed by atoms with Crippen molar-refractivity contribution in [3.8, 4) is 0 Å². The lowest BCUT2D eigenvalue weighted by molar-refractivity contribution is 0.0912. The molecular formula is C9H15N3O2. The predicted molar refractivity (Wildman–Crippen MR) is 49.7 cm³/mol. The highest BCUT2D eigenvalue weighted by Gasteiger charge is 2.35. The molecule has 0 aromatic carbocycles. The van der Waals surface area contributed by atoms with Crippen LogP contribution in [-0.4, -0.2) is 39.7 Å². The lowest BCUT2D eigenvalue weighted by atomic mass is 9.84. The molecule has 1 aliphatic rings. The van der Waals surface area contributed by atoms with Crippen LogP contribution in [0.25, 0.3) is 0 Å². The van der Waals surface area contributed by atoms with Gasteiger partial charge in [-0.05, 0) is 6.42 Å². The average Bonchev–Trinajstić information content (AvgIpc) is 2.79. The zero-order valence-corrected chi connectivity index (χ0v) is 8.31. The highest BCUT2D eigenvalue weighted by atomic mass is 16.5. The SMILES string of the molecule is Cn1ncnc1CC1(CO)CCOC1. The molecule has 0 aliphatic carbocycles. The quantitative estimate of drug-likeness (QED) is 0.726. The van der Waals surface area contributed by atoms with Gasteiger partial charge < -0.3 is 9.84 Å². The number of aryl methyl sites for hydroxylation is 1. The van der Waals surface area contributed by atoms with Crippen LogP contribution >= 0.6 is 0 Å². The molecule has 5 heteroatoms. The summed E-state index contributed by atoms with van der Waals surface area (Å²) < 4.78 is 7.07. The van der Waals surface area contributed by atoms with Gasteiger partial charge in [0.1, 0.15) is 12.2 Å². The van der Waals surface area contributed by atoms with Gasteiger partial charge in [0.25, 0.3) is 0 Å². The molecule has 2 rings (SSSR count). The van der Waals surface area contributed by atoms with Crippen molar-refractivity contribution in [3.05, 3.63) is 12.2 Å². The van der Waals surface area contributed by atoms with Gasteiger partial charge >= 0.3 is 0 Å². The van der Waals surface area contributed by atoms with Crippen molar-refractivity contribution in [1.29, 1.82) is 0 Å². The van der Waals surface area contributed by atoms with Crippen molar-refractivity contribution in [2.45, 2.75) is 12.8 Å². The number of hydrogen-bond donors (Lipinski definition) is 1. The van der Waals surface area contributed by atoms with E-state index >= 15 is 0 Å². The first kappa shape index (κ1) is 9.61. The first-order valence-corrected chi connectivity index (χ1v) is 4.77. The third-order valence-corrected chi connectivity index (χ3v) is 2.86. The molecule has 0 saturated carbocycles. The smallest absolute Gasteiger partial charge is 0.138 e. The zero-order valence-electron chi connectivity index (χ0n) is 8.31. The number of hydrogen-bond acceptors (Lipinski definition) is 4. The maximum absolute atomic E-state index is 9.37. The summed E-state index contributed by atoms with van der Waals surface area (Å²) in [6.45, 7) is 1.51. The van der Waals surface area contributed by atoms with Crippen molar-refractivity contribution < 1.29 is 9.84 Å². The molecule has 0 spiro atoms. The van der Waals surface area contributed by atoms with Gasteiger partial charge in [0.15, 0.2) is 0 Å². The number of aliphatic hydroxyl groups excluding tert-OH is 1. The summed E-state index contributed by atoms with van der Waals surface area (Å²) in [5.41, 5.74) is -0.138. The van der Waals surface area contributed by atoms with Gasteiger partial charge in [-0.3, -0.25) is 4.68 Å². The largest absolute Gasteiger partial charge is 0.396 e. The minimum Gasteiger partial charge on any atom is -0.396 e. The Labute approximate surface area is 82.7 Å².